The van der Waals surface area contributed by atoms with Gasteiger partial charge in [-0.2, -0.15) is 4.31 Å². The van der Waals surface area contributed by atoms with Crippen LogP contribution in [0.4, 0.5) is 29.1 Å². The number of sulfonamides is 1. The van der Waals surface area contributed by atoms with Crippen molar-refractivity contribution in [2.24, 2.45) is 25.0 Å². The second kappa shape index (κ2) is 42.5. The molecule has 0 bridgehead atoms. The molecule has 702 valence electrons. The number of likely N-dealkylation sites (N-methyl/N-ethyl adjacent to an activating group) is 1. The first-order valence-corrected chi connectivity index (χ1v) is 48.1. The average Bonchev–Trinajstić information content (AvgIpc) is 1.79. The van der Waals surface area contributed by atoms with E-state index in [-0.39, 0.29) is 36.6 Å². The molecule has 3 atom stereocenters. The number of nitrogens with zero attached hydrogens (tertiary/aromatic N) is 23. The van der Waals surface area contributed by atoms with Crippen molar-refractivity contribution in [1.82, 2.24) is 64.0 Å². The van der Waals surface area contributed by atoms with Crippen LogP contribution in [0.1, 0.15) is 146 Å². The van der Waals surface area contributed by atoms with E-state index in [9.17, 15) is 8.42 Å². The third-order valence-electron chi connectivity index (χ3n) is 24.4. The van der Waals surface area contributed by atoms with Crippen molar-refractivity contribution >= 4 is 67.7 Å². The van der Waals surface area contributed by atoms with Gasteiger partial charge in [-0.25, -0.2) is 58.3 Å². The Bertz CT molecular complexity index is 6340. The van der Waals surface area contributed by atoms with Crippen LogP contribution in [0.3, 0.4) is 0 Å². The minimum Gasteiger partial charge on any atom is -0.497 e. The molecule has 135 heavy (non-hydrogen) atoms. The molecular weight excluding hydrogens is 1730 g/mol. The van der Waals surface area contributed by atoms with Gasteiger partial charge in [0.15, 0.2) is 0 Å². The minimum atomic E-state index is -3.16. The summed E-state index contributed by atoms with van der Waals surface area (Å²) in [4.78, 5) is 86.0. The van der Waals surface area contributed by atoms with Gasteiger partial charge in [0.25, 0.3) is 0 Å². The number of aliphatic imine (C=N–C) groups is 5. The fourth-order valence-electron chi connectivity index (χ4n) is 17.8. The van der Waals surface area contributed by atoms with Gasteiger partial charge >= 0.3 is 0 Å². The zero-order valence-electron chi connectivity index (χ0n) is 79.0. The van der Waals surface area contributed by atoms with Crippen molar-refractivity contribution < 1.29 is 46.3 Å². The number of pyridine rings is 1. The molecule has 5 saturated heterocycles. The standard InChI is InChI=1S/C22H21N5O2.C20H25N5O3S.C20H25N5O.C20H24N4O2.C19H22N4O2/c1-28-20-4-5-23-13-18(20)15-2-3-16-12-24-22(17(16)10-15)19-11-21(26-14-25-19)27-6-8-29-9-7-27;1-14(2)28-16-5-4-15-12-21-20(17(15)10-16)18-11-19(23-13-22-18)24-6-8-25(9-7-24)29(3,26)27;1-14(2)26-16-5-4-15-12-21-20(17(15)10-16)18-11-19(23-13-22-18)25-8-6-24(3)7-9-25;1-13(2)26-16-5-4-15-10-21-20(17(15)8-16)18-9-19(23-12-22-18)24-6-7-25-14(3)11-24;1-12-9-23(10-13(2)25-12)18-7-17(21-11-22-18)19-16-6-15(24-3)5-4-14(16)8-20-19/h2-5,10-11,13-14H,6-9,12H2,1H3;4-5,10-11,13-14H,6-9,12H2,1-3H3;4-5,10-11,13-14H,6-9,12H2,1-3H3;4-5,8-9,12-14H,6-7,10-11H2,1-3H3;4-7,11-13H,8-10H2,1-3H3/t;;;14-;12-,13+/m...1./s1. The monoisotopic (exact) mass is 1840 g/mol. The van der Waals surface area contributed by atoms with Gasteiger partial charge in [-0.15, -0.1) is 0 Å². The van der Waals surface area contributed by atoms with Crippen molar-refractivity contribution in [1.29, 1.82) is 0 Å². The summed E-state index contributed by atoms with van der Waals surface area (Å²) in [7, 11) is 2.35. The van der Waals surface area contributed by atoms with Crippen LogP contribution in [0.15, 0.2) is 196 Å². The molecule has 0 spiro atoms. The van der Waals surface area contributed by atoms with E-state index in [2.05, 4.69) is 178 Å². The second-order valence-electron chi connectivity index (χ2n) is 35.4. The normalized spacial score (nSPS) is 18.4. The van der Waals surface area contributed by atoms with Gasteiger partial charge < -0.3 is 67.3 Å². The van der Waals surface area contributed by atoms with E-state index in [1.54, 1.807) is 52.1 Å². The fourth-order valence-corrected chi connectivity index (χ4v) is 18.6. The third kappa shape index (κ3) is 22.7. The summed E-state index contributed by atoms with van der Waals surface area (Å²) >= 11 is 0. The topological polar surface area (TPSA) is 334 Å². The van der Waals surface area contributed by atoms with Crippen LogP contribution in [0.5, 0.6) is 28.7 Å². The molecule has 5 aromatic carbocycles. The van der Waals surface area contributed by atoms with Gasteiger partial charge in [0.1, 0.15) is 89.5 Å². The molecule has 0 N–H and O–H groups in total. The van der Waals surface area contributed by atoms with Crippen molar-refractivity contribution in [3.05, 3.63) is 256 Å². The highest BCUT2D eigenvalue weighted by atomic mass is 32.2. The van der Waals surface area contributed by atoms with Gasteiger partial charge in [0.2, 0.25) is 10.0 Å². The van der Waals surface area contributed by atoms with Gasteiger partial charge in [-0.05, 0) is 163 Å². The van der Waals surface area contributed by atoms with Crippen LogP contribution < -0.4 is 48.2 Å². The molecular formula is C101H117N23O10S. The molecule has 0 amide bonds. The molecule has 0 saturated carbocycles. The summed E-state index contributed by atoms with van der Waals surface area (Å²) < 4.78 is 70.2. The molecule has 10 aliphatic heterocycles. The van der Waals surface area contributed by atoms with Gasteiger partial charge in [0.05, 0.1) is 167 Å². The van der Waals surface area contributed by atoms with E-state index in [0.717, 1.165) is 245 Å². The van der Waals surface area contributed by atoms with E-state index < -0.39 is 10.0 Å². The number of aromatic nitrogens is 11. The van der Waals surface area contributed by atoms with Crippen LogP contribution in [0, 0.1) is 0 Å². The van der Waals surface area contributed by atoms with Crippen molar-refractivity contribution in [3.8, 4) is 39.9 Å². The molecule has 0 aliphatic carbocycles. The lowest BCUT2D eigenvalue weighted by molar-refractivity contribution is -0.00547. The van der Waals surface area contributed by atoms with Crippen molar-refractivity contribution in [2.75, 3.05) is 163 Å². The van der Waals surface area contributed by atoms with E-state index >= 15 is 0 Å². The van der Waals surface area contributed by atoms with Crippen LogP contribution in [-0.4, -0.2) is 277 Å². The van der Waals surface area contributed by atoms with Crippen LogP contribution in [-0.2, 0) is 57.0 Å². The number of ether oxygens (including phenoxy) is 8. The lowest BCUT2D eigenvalue weighted by Crippen LogP contribution is -2.48. The summed E-state index contributed by atoms with van der Waals surface area (Å²) in [6.07, 6.45) is 13.9. The van der Waals surface area contributed by atoms with E-state index in [1.165, 1.54) is 32.8 Å². The van der Waals surface area contributed by atoms with E-state index in [1.807, 2.05) is 114 Å². The zero-order valence-corrected chi connectivity index (χ0v) is 79.8. The first-order chi connectivity index (χ1) is 65.5. The maximum absolute atomic E-state index is 11.7. The molecule has 10 aliphatic rings. The third-order valence-corrected chi connectivity index (χ3v) is 25.7. The number of benzene rings is 5. The maximum Gasteiger partial charge on any atom is 0.211 e. The molecule has 16 heterocycles. The first kappa shape index (κ1) is 93.6. The predicted octanol–water partition coefficient (Wildman–Crippen LogP) is 12.1. The predicted molar refractivity (Wildman–Crippen MR) is 524 cm³/mol. The molecule has 11 aromatic rings. The number of hydrogen-bond acceptors (Lipinski definition) is 32. The smallest absolute Gasteiger partial charge is 0.211 e. The molecule has 34 heteroatoms. The Balaban J connectivity index is 0.000000117. The Hall–Kier alpha value is -13.3. The number of hydrogen-bond donors (Lipinski definition) is 0. The summed E-state index contributed by atoms with van der Waals surface area (Å²) in [6.45, 7) is 35.1. The number of piperazine rings is 2. The Morgan fingerprint density at radius 3 is 1.10 bits per heavy atom. The van der Waals surface area contributed by atoms with Crippen LogP contribution in [0.25, 0.3) is 11.1 Å². The fraction of sp³-hybridized carbons (Fsp3) is 0.406. The number of rotatable bonds is 20. The van der Waals surface area contributed by atoms with Crippen molar-refractivity contribution in [3.63, 3.8) is 0 Å². The van der Waals surface area contributed by atoms with E-state index in [4.69, 9.17) is 57.9 Å². The number of fused-ring (bicyclic) bond motifs is 5. The quantitative estimate of drug-likeness (QED) is 0.0684. The highest BCUT2D eigenvalue weighted by Gasteiger charge is 2.32. The van der Waals surface area contributed by atoms with Gasteiger partial charge in [0, 0.05) is 168 Å². The average molecular weight is 1850 g/mol. The Morgan fingerprint density at radius 2 is 0.711 bits per heavy atom. The highest BCUT2D eigenvalue weighted by Crippen LogP contribution is 2.37. The summed E-state index contributed by atoms with van der Waals surface area (Å²) in [6, 6.07) is 42.8. The number of methoxy groups -OCH3 is 2. The molecule has 0 radical (unpaired) electrons. The highest BCUT2D eigenvalue weighted by molar-refractivity contribution is 7.88. The van der Waals surface area contributed by atoms with E-state index in [0.29, 0.717) is 58.9 Å². The Kier molecular flexibility index (Phi) is 29.5. The Labute approximate surface area is 789 Å². The molecule has 5 fully saturated rings. The molecule has 0 unspecified atom stereocenters. The van der Waals surface area contributed by atoms with Crippen LogP contribution >= 0.6 is 0 Å². The van der Waals surface area contributed by atoms with Crippen LogP contribution in [0.2, 0.25) is 0 Å². The molecule has 33 nitrogen and oxygen atoms in total. The SMILES string of the molecule is CC(C)Oc1ccc2c(c1)C(c1cc(N3CCN(C)CC3)ncn1)=NC2.CC(C)Oc1ccc2c(c1)C(c1cc(N3CCN(S(C)(=O)=O)CC3)ncn1)=NC2.CC(C)Oc1ccc2c(c1)C(c1cc(N3CCO[C@H](C)C3)ncn1)=NC2.COc1ccc2c(c1)C(c1cc(N3C[C@@H](C)O[C@@H](C)C3)ncn1)=NC2.COc1ccncc1-c1ccc2c(c1)C(c1cc(N3CCOCC3)ncn1)=NC2. The second-order valence-corrected chi connectivity index (χ2v) is 37.4. The molecule has 21 rings (SSSR count). The lowest BCUT2D eigenvalue weighted by atomic mass is 9.97. The summed E-state index contributed by atoms with van der Waals surface area (Å²) in [5.41, 5.74) is 22.1. The summed E-state index contributed by atoms with van der Waals surface area (Å²) in [5.74, 6) is 8.72. The maximum atomic E-state index is 11.7. The number of morpholine rings is 3. The number of anilines is 5. The lowest BCUT2D eigenvalue weighted by Gasteiger charge is -2.36. The largest absolute Gasteiger partial charge is 0.497 e. The first-order valence-electron chi connectivity index (χ1n) is 46.2. The Morgan fingerprint density at radius 1 is 0.363 bits per heavy atom. The zero-order chi connectivity index (χ0) is 93.8. The van der Waals surface area contributed by atoms with Gasteiger partial charge in [-0.3, -0.25) is 29.9 Å². The molecule has 6 aromatic heterocycles. The minimum absolute atomic E-state index is 0.103. The van der Waals surface area contributed by atoms with Gasteiger partial charge in [-0.1, -0.05) is 36.4 Å². The summed E-state index contributed by atoms with van der Waals surface area (Å²) in [5, 5.41) is 0. The van der Waals surface area contributed by atoms with Crippen molar-refractivity contribution in [2.45, 2.75) is 132 Å².